The standard InChI is InChI=1S/C7H12N2O.C7H10N2O.4C7H11NO3.2C7H13NO2.C7H11NO2/c2*1-6(2)9-4-3-8-5-7(9)10;1-5(2)8-3-7(10)11-4-6(8)9;1-5(2)8-6(9)3-11-4-7(8)10;1-5(2)8-3-6(9)11-7(10)4-8;1-5(2)8-3-4-11-7(10)6(8)9;1-6(2)8-3-4-10-5-7(8)9;2*1-6(2)8-3-4-10-7(9)5-8/h5-6H,3-4H2,1-2H3;3-6H,1-2H3;4*5H,3-4H2,1-2H3;2*6H,3-5H2,1-2H3;3-4,6H,5H2,1-2H3. The van der Waals surface area contributed by atoms with E-state index in [1.165, 1.54) is 33.4 Å². The lowest BCUT2D eigenvalue weighted by atomic mass is 10.3. The number of nitrogens with zero attached hydrogens (tertiary/aromatic N) is 11. The summed E-state index contributed by atoms with van der Waals surface area (Å²) in [5.41, 5.74) is -0.0440. The first-order valence-electron chi connectivity index (χ1n) is 31.5. The van der Waals surface area contributed by atoms with Gasteiger partial charge >= 0.3 is 41.7 Å². The lowest BCUT2D eigenvalue weighted by Crippen LogP contribution is -2.49. The molecule has 6 fully saturated rings. The lowest BCUT2D eigenvalue weighted by molar-refractivity contribution is -0.168. The van der Waals surface area contributed by atoms with Crippen molar-refractivity contribution in [1.29, 1.82) is 0 Å². The molecule has 0 spiro atoms. The molecule has 0 aromatic carbocycles. The maximum absolute atomic E-state index is 11.0. The first kappa shape index (κ1) is 84.0. The molecule has 6 amide bonds. The monoisotopic (exact) mass is 1330 g/mol. The van der Waals surface area contributed by atoms with Crippen LogP contribution in [0.3, 0.4) is 0 Å². The van der Waals surface area contributed by atoms with Crippen molar-refractivity contribution in [3.8, 4) is 0 Å². The van der Waals surface area contributed by atoms with E-state index in [4.69, 9.17) is 14.2 Å². The molecule has 8 aliphatic heterocycles. The molecule has 0 atom stereocenters. The fraction of sp³-hybridized carbons (Fsp3) is 0.698. The summed E-state index contributed by atoms with van der Waals surface area (Å²) >= 11 is 0. The Hall–Kier alpha value is -8.03. The van der Waals surface area contributed by atoms with Crippen LogP contribution < -0.4 is 5.56 Å². The van der Waals surface area contributed by atoms with Gasteiger partial charge in [0.25, 0.3) is 29.2 Å². The van der Waals surface area contributed by atoms with Crippen LogP contribution in [0.15, 0.2) is 40.8 Å². The number of rotatable bonds is 9. The van der Waals surface area contributed by atoms with Crippen LogP contribution in [0.5, 0.6) is 0 Å². The summed E-state index contributed by atoms with van der Waals surface area (Å²) in [6, 6.07) is 1.97. The highest BCUT2D eigenvalue weighted by Gasteiger charge is 2.31. The minimum absolute atomic E-state index is 0.0317. The van der Waals surface area contributed by atoms with Crippen LogP contribution in [0, 0.1) is 0 Å². The van der Waals surface area contributed by atoms with Crippen LogP contribution >= 0.6 is 0 Å². The summed E-state index contributed by atoms with van der Waals surface area (Å²) < 4.78 is 34.1. The molecule has 530 valence electrons. The Balaban J connectivity index is 0.000000529. The fourth-order valence-corrected chi connectivity index (χ4v) is 8.65. The van der Waals surface area contributed by atoms with Crippen LogP contribution in [-0.4, -0.2) is 286 Å². The van der Waals surface area contributed by atoms with E-state index in [9.17, 15) is 62.3 Å². The van der Waals surface area contributed by atoms with E-state index in [1.54, 1.807) is 41.9 Å². The number of carbonyl (C=O) groups is 12. The number of aliphatic imine (C=N–C) groups is 1. The molecule has 8 aliphatic rings. The minimum Gasteiger partial charge on any atom is -0.463 e. The molecule has 1 aromatic heterocycles. The van der Waals surface area contributed by atoms with Crippen molar-refractivity contribution in [2.24, 2.45) is 4.99 Å². The molecule has 0 N–H and O–H groups in total. The van der Waals surface area contributed by atoms with E-state index in [1.807, 2.05) is 112 Å². The first-order valence-corrected chi connectivity index (χ1v) is 31.5. The van der Waals surface area contributed by atoms with Crippen LogP contribution in [0.25, 0.3) is 0 Å². The van der Waals surface area contributed by atoms with Gasteiger partial charge in [0.15, 0.2) is 6.61 Å². The second-order valence-corrected chi connectivity index (χ2v) is 24.2. The van der Waals surface area contributed by atoms with Gasteiger partial charge in [0, 0.05) is 92.6 Å². The molecule has 0 unspecified atom stereocenters. The zero-order valence-corrected chi connectivity index (χ0v) is 58.3. The van der Waals surface area contributed by atoms with Crippen LogP contribution in [-0.2, 0) is 90.7 Å². The fourth-order valence-electron chi connectivity index (χ4n) is 8.65. The van der Waals surface area contributed by atoms with Gasteiger partial charge in [-0.2, -0.15) is 0 Å². The molecule has 0 saturated carbocycles. The van der Waals surface area contributed by atoms with Crippen LogP contribution in [0.1, 0.15) is 131 Å². The molecular formula is C63H103N11O20. The second kappa shape index (κ2) is 43.8. The van der Waals surface area contributed by atoms with Gasteiger partial charge in [-0.3, -0.25) is 77.4 Å². The van der Waals surface area contributed by atoms with Gasteiger partial charge in [0.2, 0.25) is 5.91 Å². The van der Waals surface area contributed by atoms with E-state index in [-0.39, 0.29) is 129 Å². The molecule has 6 saturated heterocycles. The van der Waals surface area contributed by atoms with Gasteiger partial charge in [-0.15, -0.1) is 0 Å². The highest BCUT2D eigenvalue weighted by molar-refractivity contribution is 6.32. The molecule has 94 heavy (non-hydrogen) atoms. The van der Waals surface area contributed by atoms with Crippen molar-refractivity contribution in [3.05, 3.63) is 41.4 Å². The summed E-state index contributed by atoms with van der Waals surface area (Å²) in [6.07, 6.45) is 9.23. The van der Waals surface area contributed by atoms with E-state index >= 15 is 0 Å². The van der Waals surface area contributed by atoms with Crippen molar-refractivity contribution < 1.29 is 90.7 Å². The highest BCUT2D eigenvalue weighted by atomic mass is 16.6. The average molecular weight is 1330 g/mol. The smallest absolute Gasteiger partial charge is 0.397 e. The number of amides is 6. The topological polar surface area (TPSA) is 343 Å². The normalized spacial score (nSPS) is 18.6. The minimum atomic E-state index is -0.732. The number of morpholine rings is 6. The first-order chi connectivity index (χ1) is 44.0. The van der Waals surface area contributed by atoms with Gasteiger partial charge in [-0.05, 0) is 125 Å². The number of carbonyl (C=O) groups excluding carboxylic acids is 12. The lowest BCUT2D eigenvalue weighted by Gasteiger charge is -2.30. The molecule has 9 rings (SSSR count). The average Bonchev–Trinajstić information content (AvgIpc) is 1.35. The van der Waals surface area contributed by atoms with Gasteiger partial charge in [0.05, 0.1) is 51.7 Å². The summed E-state index contributed by atoms with van der Waals surface area (Å²) in [4.78, 5) is 163. The predicted molar refractivity (Wildman–Crippen MR) is 343 cm³/mol. The van der Waals surface area contributed by atoms with Crippen molar-refractivity contribution in [2.45, 2.75) is 179 Å². The van der Waals surface area contributed by atoms with E-state index in [0.29, 0.717) is 63.6 Å². The van der Waals surface area contributed by atoms with Gasteiger partial charge in [-0.25, -0.2) is 9.59 Å². The molecule has 0 bridgehead atoms. The van der Waals surface area contributed by atoms with Gasteiger partial charge in [-0.1, -0.05) is 0 Å². The van der Waals surface area contributed by atoms with Crippen molar-refractivity contribution >= 4 is 77.5 Å². The summed E-state index contributed by atoms with van der Waals surface area (Å²) in [6.45, 7) is 42.0. The quantitative estimate of drug-likeness (QED) is 0.111. The number of hydrogen-bond donors (Lipinski definition) is 0. The van der Waals surface area contributed by atoms with E-state index in [2.05, 4.69) is 47.7 Å². The zero-order valence-electron chi connectivity index (χ0n) is 58.3. The Labute approximate surface area is 552 Å². The van der Waals surface area contributed by atoms with Crippen molar-refractivity contribution in [3.63, 3.8) is 0 Å². The number of aromatic nitrogens is 2. The third kappa shape index (κ3) is 32.2. The Bertz CT molecular complexity index is 2730. The third-order valence-electron chi connectivity index (χ3n) is 14.0. The molecule has 0 radical (unpaired) electrons. The number of cyclic esters (lactones) is 6. The van der Waals surface area contributed by atoms with Crippen LogP contribution in [0.2, 0.25) is 0 Å². The number of hydrogen-bond acceptors (Lipinski definition) is 25. The Morgan fingerprint density at radius 3 is 1.34 bits per heavy atom. The molecule has 31 nitrogen and oxygen atoms in total. The maximum Gasteiger partial charge on any atom is 0.397 e. The van der Waals surface area contributed by atoms with Crippen LogP contribution in [0.4, 0.5) is 0 Å². The Morgan fingerprint density at radius 2 is 0.947 bits per heavy atom. The Kier molecular flexibility index (Phi) is 39.1. The Morgan fingerprint density at radius 1 is 0.426 bits per heavy atom. The second-order valence-electron chi connectivity index (χ2n) is 24.2. The molecule has 31 heteroatoms. The van der Waals surface area contributed by atoms with Gasteiger partial charge < -0.3 is 62.2 Å². The predicted octanol–water partition coefficient (Wildman–Crippen LogP) is 1.48. The molecular weight excluding hydrogens is 1230 g/mol. The molecule has 9 heterocycles. The van der Waals surface area contributed by atoms with E-state index in [0.717, 1.165) is 26.2 Å². The molecule has 1 aromatic rings. The largest absolute Gasteiger partial charge is 0.463 e. The highest BCUT2D eigenvalue weighted by Crippen LogP contribution is 2.10. The number of esters is 6. The maximum atomic E-state index is 11.0. The number of ether oxygens (including phenoxy) is 7. The van der Waals surface area contributed by atoms with Gasteiger partial charge in [0.1, 0.15) is 52.4 Å². The summed E-state index contributed by atoms with van der Waals surface area (Å²) in [5.74, 6) is -3.19. The summed E-state index contributed by atoms with van der Waals surface area (Å²) in [5, 5.41) is 0. The number of imide groups is 1. The SMILES string of the molecule is CC(C)N1C(=O)COCC1=O.CC(C)N1C=COC(=O)C1.CC(C)N1CC(=O)OC(=O)C1.CC(C)N1CC(=O)OCC1=O.CC(C)N1CCN=CC1=O.CC(C)N1CCOC(=O)C1.CC(C)N1CCOC(=O)C1=O.CC(C)N1CCOCC1=O.CC(C)n1ccncc1=O. The summed E-state index contributed by atoms with van der Waals surface area (Å²) in [7, 11) is 0. The zero-order chi connectivity index (χ0) is 71.5. The molecule has 0 aliphatic carbocycles. The third-order valence-corrected chi connectivity index (χ3v) is 14.0. The van der Waals surface area contributed by atoms with Crippen molar-refractivity contribution in [2.75, 3.05) is 112 Å². The van der Waals surface area contributed by atoms with Crippen molar-refractivity contribution in [1.82, 2.24) is 48.8 Å². The van der Waals surface area contributed by atoms with E-state index < -0.39 is 23.8 Å².